The van der Waals surface area contributed by atoms with Crippen molar-refractivity contribution in [3.8, 4) is 5.75 Å². The number of ketones is 1. The highest BCUT2D eigenvalue weighted by Crippen LogP contribution is 2.16. The van der Waals surface area contributed by atoms with Crippen molar-refractivity contribution < 1.29 is 19.1 Å². The summed E-state index contributed by atoms with van der Waals surface area (Å²) in [6.07, 6.45) is 3.30. The average molecular weight is 394 g/mol. The molecule has 0 aliphatic heterocycles. The van der Waals surface area contributed by atoms with Crippen LogP contribution < -0.4 is 15.4 Å². The first-order valence-electron chi connectivity index (χ1n) is 9.53. The second-order valence-corrected chi connectivity index (χ2v) is 6.63. The summed E-state index contributed by atoms with van der Waals surface area (Å²) < 4.78 is 5.58. The van der Waals surface area contributed by atoms with Gasteiger partial charge >= 0.3 is 0 Å². The lowest BCUT2D eigenvalue weighted by molar-refractivity contribution is -0.114. The van der Waals surface area contributed by atoms with Crippen LogP contribution in [0.3, 0.4) is 0 Å². The minimum atomic E-state index is -0.399. The third kappa shape index (κ3) is 7.25. The van der Waals surface area contributed by atoms with Crippen molar-refractivity contribution in [1.82, 2.24) is 0 Å². The third-order valence-electron chi connectivity index (χ3n) is 4.14. The van der Waals surface area contributed by atoms with Crippen LogP contribution in [0.4, 0.5) is 11.4 Å². The number of hydrogen-bond acceptors (Lipinski definition) is 4. The van der Waals surface area contributed by atoms with E-state index in [1.165, 1.54) is 13.0 Å². The average Bonchev–Trinajstić information content (AvgIpc) is 2.69. The molecule has 0 saturated carbocycles. The topological polar surface area (TPSA) is 84.5 Å². The molecule has 0 aliphatic carbocycles. The second kappa shape index (κ2) is 10.8. The number of Topliss-reactive ketones (excluding diaryl/α,β-unsaturated/α-hetero) is 1. The normalized spacial score (nSPS) is 10.9. The second-order valence-electron chi connectivity index (χ2n) is 6.63. The minimum Gasteiger partial charge on any atom is -0.494 e. The van der Waals surface area contributed by atoms with Crippen LogP contribution in [0.1, 0.15) is 44.0 Å². The van der Waals surface area contributed by atoms with Crippen molar-refractivity contribution in [3.63, 3.8) is 0 Å². The van der Waals surface area contributed by atoms with Crippen molar-refractivity contribution in [2.24, 2.45) is 0 Å². The van der Waals surface area contributed by atoms with E-state index in [-0.39, 0.29) is 11.4 Å². The molecule has 0 aromatic heterocycles. The summed E-state index contributed by atoms with van der Waals surface area (Å²) in [4.78, 5) is 35.7. The van der Waals surface area contributed by atoms with Crippen molar-refractivity contribution in [2.75, 3.05) is 17.2 Å². The number of hydrogen-bond donors (Lipinski definition) is 2. The van der Waals surface area contributed by atoms with Gasteiger partial charge in [0.15, 0.2) is 5.78 Å². The van der Waals surface area contributed by atoms with Gasteiger partial charge in [0.2, 0.25) is 5.91 Å². The highest BCUT2D eigenvalue weighted by Gasteiger charge is 2.08. The molecular formula is C23H26N2O4. The number of benzene rings is 2. The van der Waals surface area contributed by atoms with Crippen LogP contribution in [-0.4, -0.2) is 24.2 Å². The summed E-state index contributed by atoms with van der Waals surface area (Å²) in [6.45, 7) is 5.80. The number of amides is 2. The number of ether oxygens (including phenoxy) is 1. The Balaban J connectivity index is 1.90. The van der Waals surface area contributed by atoms with E-state index in [1.807, 2.05) is 0 Å². The maximum atomic E-state index is 12.2. The minimum absolute atomic E-state index is 0.0452. The molecule has 0 unspecified atom stereocenters. The van der Waals surface area contributed by atoms with Gasteiger partial charge in [-0.3, -0.25) is 14.4 Å². The molecule has 0 radical (unpaired) electrons. The van der Waals surface area contributed by atoms with Crippen molar-refractivity contribution in [2.45, 2.75) is 33.6 Å². The Hall–Kier alpha value is -3.41. The van der Waals surface area contributed by atoms with Crippen LogP contribution >= 0.6 is 0 Å². The van der Waals surface area contributed by atoms with E-state index < -0.39 is 11.8 Å². The van der Waals surface area contributed by atoms with Crippen molar-refractivity contribution in [1.29, 1.82) is 0 Å². The van der Waals surface area contributed by atoms with Crippen molar-refractivity contribution in [3.05, 3.63) is 65.7 Å². The van der Waals surface area contributed by atoms with Gasteiger partial charge in [-0.1, -0.05) is 13.3 Å². The first kappa shape index (κ1) is 21.9. The maximum absolute atomic E-state index is 12.2. The van der Waals surface area contributed by atoms with E-state index >= 15 is 0 Å². The number of unbranched alkanes of at least 4 members (excludes halogenated alkanes) is 1. The Kier molecular flexibility index (Phi) is 8.15. The monoisotopic (exact) mass is 394 g/mol. The summed E-state index contributed by atoms with van der Waals surface area (Å²) >= 11 is 0. The molecule has 2 aromatic carbocycles. The largest absolute Gasteiger partial charge is 0.494 e. The molecule has 152 valence electrons. The molecule has 2 rings (SSSR count). The smallest absolute Gasteiger partial charge is 0.251 e. The summed E-state index contributed by atoms with van der Waals surface area (Å²) in [6, 6.07) is 13.6. The van der Waals surface area contributed by atoms with E-state index in [1.54, 1.807) is 55.5 Å². The van der Waals surface area contributed by atoms with Gasteiger partial charge in [0.05, 0.1) is 6.61 Å². The van der Waals surface area contributed by atoms with Crippen LogP contribution in [0, 0.1) is 0 Å². The molecule has 0 atom stereocenters. The predicted molar refractivity (Wildman–Crippen MR) is 114 cm³/mol. The van der Waals surface area contributed by atoms with Crippen molar-refractivity contribution >= 4 is 29.0 Å². The quantitative estimate of drug-likeness (QED) is 0.370. The fourth-order valence-corrected chi connectivity index (χ4v) is 2.43. The molecule has 0 aliphatic rings. The molecule has 0 heterocycles. The van der Waals surface area contributed by atoms with Gasteiger partial charge < -0.3 is 15.4 Å². The fraction of sp³-hybridized carbons (Fsp3) is 0.261. The van der Waals surface area contributed by atoms with Crippen LogP contribution in [0.2, 0.25) is 0 Å². The van der Waals surface area contributed by atoms with E-state index in [2.05, 4.69) is 17.6 Å². The Morgan fingerprint density at radius 2 is 1.48 bits per heavy atom. The number of nitrogens with one attached hydrogen (secondary N) is 2. The van der Waals surface area contributed by atoms with Gasteiger partial charge in [0.25, 0.3) is 5.91 Å². The first-order chi connectivity index (χ1) is 13.9. The zero-order valence-corrected chi connectivity index (χ0v) is 17.0. The zero-order valence-electron chi connectivity index (χ0n) is 17.0. The van der Waals surface area contributed by atoms with Crippen LogP contribution in [-0.2, 0) is 9.59 Å². The lowest BCUT2D eigenvalue weighted by Gasteiger charge is -2.08. The number of carbonyl (C=O) groups excluding carboxylic acids is 3. The Bertz CT molecular complexity index is 884. The summed E-state index contributed by atoms with van der Waals surface area (Å²) in [7, 11) is 0. The molecule has 0 spiro atoms. The molecule has 0 bridgehead atoms. The summed E-state index contributed by atoms with van der Waals surface area (Å²) in [5.41, 5.74) is 1.99. The lowest BCUT2D eigenvalue weighted by atomic mass is 10.1. The van der Waals surface area contributed by atoms with Crippen LogP contribution in [0.5, 0.6) is 5.75 Å². The molecular weight excluding hydrogens is 368 g/mol. The molecule has 0 fully saturated rings. The van der Waals surface area contributed by atoms with E-state index in [9.17, 15) is 14.4 Å². The molecule has 2 amide bonds. The molecule has 2 aromatic rings. The standard InChI is InChI=1S/C23H26N2O4/c1-4-5-14-29-21-12-10-19(11-13-21)24-22(27)15-16(2)23(28)25-20-8-6-18(7-9-20)17(3)26/h6-13,15H,4-5,14H2,1-3H3,(H,24,27)(H,25,28)/b16-15-. The molecule has 6 heteroatoms. The van der Waals surface area contributed by atoms with Gasteiger partial charge in [-0.15, -0.1) is 0 Å². The van der Waals surface area contributed by atoms with Gasteiger partial charge in [-0.25, -0.2) is 0 Å². The molecule has 6 nitrogen and oxygen atoms in total. The fourth-order valence-electron chi connectivity index (χ4n) is 2.43. The maximum Gasteiger partial charge on any atom is 0.251 e. The van der Waals surface area contributed by atoms with E-state index in [0.717, 1.165) is 18.6 Å². The summed E-state index contributed by atoms with van der Waals surface area (Å²) in [5.74, 6) is -0.0888. The molecule has 0 saturated heterocycles. The zero-order chi connectivity index (χ0) is 21.2. The van der Waals surface area contributed by atoms with Gasteiger partial charge in [-0.2, -0.15) is 0 Å². The number of carbonyl (C=O) groups is 3. The van der Waals surface area contributed by atoms with Crippen LogP contribution in [0.15, 0.2) is 60.2 Å². The lowest BCUT2D eigenvalue weighted by Crippen LogP contribution is -2.16. The van der Waals surface area contributed by atoms with Gasteiger partial charge in [0.1, 0.15) is 5.75 Å². The highest BCUT2D eigenvalue weighted by molar-refractivity contribution is 6.10. The Labute approximate surface area is 171 Å². The Morgan fingerprint density at radius 3 is 2.07 bits per heavy atom. The van der Waals surface area contributed by atoms with E-state index in [0.29, 0.717) is 23.5 Å². The first-order valence-corrected chi connectivity index (χ1v) is 9.53. The van der Waals surface area contributed by atoms with Crippen LogP contribution in [0.25, 0.3) is 0 Å². The molecule has 2 N–H and O–H groups in total. The highest BCUT2D eigenvalue weighted by atomic mass is 16.5. The molecule has 29 heavy (non-hydrogen) atoms. The predicted octanol–water partition coefficient (Wildman–Crippen LogP) is 4.59. The Morgan fingerprint density at radius 1 is 0.897 bits per heavy atom. The van der Waals surface area contributed by atoms with Gasteiger partial charge in [-0.05, 0) is 68.8 Å². The summed E-state index contributed by atoms with van der Waals surface area (Å²) in [5, 5.41) is 5.41. The number of rotatable bonds is 9. The SMILES string of the molecule is CCCCOc1ccc(NC(=O)/C=C(/C)C(=O)Nc2ccc(C(C)=O)cc2)cc1. The van der Waals surface area contributed by atoms with E-state index in [4.69, 9.17) is 4.74 Å². The number of anilines is 2. The van der Waals surface area contributed by atoms with Gasteiger partial charge in [0, 0.05) is 28.6 Å². The third-order valence-corrected chi connectivity index (χ3v) is 4.14.